The van der Waals surface area contributed by atoms with Crippen molar-refractivity contribution in [1.29, 1.82) is 0 Å². The molecule has 1 aliphatic rings. The third kappa shape index (κ3) is 6.01. The highest BCUT2D eigenvalue weighted by molar-refractivity contribution is 5.85. The molecule has 0 radical (unpaired) electrons. The maximum Gasteiger partial charge on any atom is 0.243 e. The second kappa shape index (κ2) is 9.44. The Hall–Kier alpha value is -2.50. The molecule has 2 rings (SSSR count). The zero-order valence-electron chi connectivity index (χ0n) is 17.4. The first-order valence-electron chi connectivity index (χ1n) is 9.48. The third-order valence-corrected chi connectivity index (χ3v) is 4.85. The molecule has 148 valence electrons. The van der Waals surface area contributed by atoms with Gasteiger partial charge in [0.15, 0.2) is 5.96 Å². The molecule has 1 aliphatic heterocycles. The first-order chi connectivity index (χ1) is 12.8. The summed E-state index contributed by atoms with van der Waals surface area (Å²) in [5.41, 5.74) is 4.95. The van der Waals surface area contributed by atoms with E-state index in [2.05, 4.69) is 58.7 Å². The molecule has 6 heteroatoms. The lowest BCUT2D eigenvalue weighted by atomic mass is 10.1. The normalized spacial score (nSPS) is 14.9. The standard InChI is InChI=1S/C21H33N5O/c1-16(2)14-22-21(23-15-20(27)24(5)6)26-11-9-25(10-12-26)19-8-7-17(3)18(4)13-19/h7-8,13H,1,9-12,14-15H2,2-6H3,(H,22,23). The number of benzene rings is 1. The highest BCUT2D eigenvalue weighted by atomic mass is 16.2. The number of anilines is 1. The summed E-state index contributed by atoms with van der Waals surface area (Å²) in [6.07, 6.45) is 0. The van der Waals surface area contributed by atoms with Crippen molar-refractivity contribution in [2.24, 2.45) is 4.99 Å². The van der Waals surface area contributed by atoms with E-state index in [1.165, 1.54) is 16.8 Å². The average molecular weight is 372 g/mol. The molecule has 1 heterocycles. The molecule has 0 saturated carbocycles. The number of carbonyl (C=O) groups excluding carboxylic acids is 1. The lowest BCUT2D eigenvalue weighted by Gasteiger charge is -2.38. The van der Waals surface area contributed by atoms with Crippen LogP contribution < -0.4 is 10.2 Å². The summed E-state index contributed by atoms with van der Waals surface area (Å²) in [7, 11) is 3.50. The SMILES string of the molecule is C=C(C)CNC(=NCC(=O)N(C)C)N1CCN(c2ccc(C)c(C)c2)CC1. The van der Waals surface area contributed by atoms with Crippen molar-refractivity contribution in [2.45, 2.75) is 20.8 Å². The topological polar surface area (TPSA) is 51.2 Å². The second-order valence-electron chi connectivity index (χ2n) is 7.48. The molecule has 1 aromatic rings. The lowest BCUT2D eigenvalue weighted by molar-refractivity contribution is -0.127. The molecule has 27 heavy (non-hydrogen) atoms. The zero-order chi connectivity index (χ0) is 20.0. The molecular formula is C21H33N5O. The van der Waals surface area contributed by atoms with Crippen LogP contribution in [0.15, 0.2) is 35.3 Å². The summed E-state index contributed by atoms with van der Waals surface area (Å²) in [5.74, 6) is 0.784. The van der Waals surface area contributed by atoms with Crippen molar-refractivity contribution in [2.75, 3.05) is 58.3 Å². The number of nitrogens with one attached hydrogen (secondary N) is 1. The van der Waals surface area contributed by atoms with Crippen LogP contribution in [0.1, 0.15) is 18.1 Å². The summed E-state index contributed by atoms with van der Waals surface area (Å²) in [6, 6.07) is 6.64. The van der Waals surface area contributed by atoms with Crippen molar-refractivity contribution in [3.63, 3.8) is 0 Å². The van der Waals surface area contributed by atoms with Crippen LogP contribution in [-0.2, 0) is 4.79 Å². The third-order valence-electron chi connectivity index (χ3n) is 4.85. The first kappa shape index (κ1) is 20.8. The maximum absolute atomic E-state index is 11.9. The Morgan fingerprint density at radius 2 is 1.85 bits per heavy atom. The molecule has 0 unspecified atom stereocenters. The predicted octanol–water partition coefficient (Wildman–Crippen LogP) is 2.04. The molecule has 0 bridgehead atoms. The smallest absolute Gasteiger partial charge is 0.243 e. The number of carbonyl (C=O) groups is 1. The fourth-order valence-electron chi connectivity index (χ4n) is 2.88. The van der Waals surface area contributed by atoms with Gasteiger partial charge < -0.3 is 20.0 Å². The lowest BCUT2D eigenvalue weighted by Crippen LogP contribution is -2.53. The van der Waals surface area contributed by atoms with E-state index >= 15 is 0 Å². The highest BCUT2D eigenvalue weighted by Crippen LogP contribution is 2.20. The van der Waals surface area contributed by atoms with Gasteiger partial charge in [-0.05, 0) is 44.0 Å². The van der Waals surface area contributed by atoms with Gasteiger partial charge in [0.2, 0.25) is 5.91 Å². The molecule has 1 N–H and O–H groups in total. The summed E-state index contributed by atoms with van der Waals surface area (Å²) in [4.78, 5) is 22.7. The quantitative estimate of drug-likeness (QED) is 0.489. The van der Waals surface area contributed by atoms with E-state index in [9.17, 15) is 4.79 Å². The predicted molar refractivity (Wildman–Crippen MR) is 114 cm³/mol. The molecule has 1 fully saturated rings. The van der Waals surface area contributed by atoms with Gasteiger partial charge in [-0.2, -0.15) is 0 Å². The van der Waals surface area contributed by atoms with Crippen LogP contribution in [0.2, 0.25) is 0 Å². The number of hydrogen-bond acceptors (Lipinski definition) is 3. The van der Waals surface area contributed by atoms with Crippen molar-refractivity contribution >= 4 is 17.6 Å². The van der Waals surface area contributed by atoms with Gasteiger partial charge in [-0.3, -0.25) is 4.79 Å². The number of rotatable bonds is 5. The molecule has 1 saturated heterocycles. The number of hydrogen-bond donors (Lipinski definition) is 1. The van der Waals surface area contributed by atoms with E-state index in [1.807, 2.05) is 6.92 Å². The Bertz CT molecular complexity index is 703. The molecule has 0 spiro atoms. The first-order valence-corrected chi connectivity index (χ1v) is 9.48. The van der Waals surface area contributed by atoms with Crippen LogP contribution >= 0.6 is 0 Å². The Labute approximate surface area is 163 Å². The molecule has 6 nitrogen and oxygen atoms in total. The van der Waals surface area contributed by atoms with Gasteiger partial charge in [0.05, 0.1) is 0 Å². The number of aliphatic imine (C=N–C) groups is 1. The minimum atomic E-state index is -0.00149. The van der Waals surface area contributed by atoms with Crippen LogP contribution in [0.3, 0.4) is 0 Å². The number of nitrogens with zero attached hydrogens (tertiary/aromatic N) is 4. The zero-order valence-corrected chi connectivity index (χ0v) is 17.4. The van der Waals surface area contributed by atoms with E-state index < -0.39 is 0 Å². The van der Waals surface area contributed by atoms with Gasteiger partial charge in [0.25, 0.3) is 0 Å². The number of amides is 1. The molecule has 0 aliphatic carbocycles. The minimum absolute atomic E-state index is 0.00149. The number of guanidine groups is 1. The van der Waals surface area contributed by atoms with Gasteiger partial charge in [0.1, 0.15) is 6.54 Å². The highest BCUT2D eigenvalue weighted by Gasteiger charge is 2.20. The van der Waals surface area contributed by atoms with Crippen molar-refractivity contribution in [1.82, 2.24) is 15.1 Å². The summed E-state index contributed by atoms with van der Waals surface area (Å²) >= 11 is 0. The van der Waals surface area contributed by atoms with E-state index in [0.29, 0.717) is 6.54 Å². The molecule has 0 aromatic heterocycles. The Kier molecular flexibility index (Phi) is 7.28. The van der Waals surface area contributed by atoms with Gasteiger partial charge in [0, 0.05) is 52.5 Å². The average Bonchev–Trinajstić information content (AvgIpc) is 2.63. The van der Waals surface area contributed by atoms with Crippen LogP contribution in [0.5, 0.6) is 0 Å². The molecule has 1 aromatic carbocycles. The Morgan fingerprint density at radius 3 is 2.41 bits per heavy atom. The fourth-order valence-corrected chi connectivity index (χ4v) is 2.88. The van der Waals surface area contributed by atoms with E-state index in [1.54, 1.807) is 19.0 Å². The van der Waals surface area contributed by atoms with E-state index in [0.717, 1.165) is 37.7 Å². The van der Waals surface area contributed by atoms with E-state index in [4.69, 9.17) is 0 Å². The van der Waals surface area contributed by atoms with Gasteiger partial charge in [-0.1, -0.05) is 18.2 Å². The Balaban J connectivity index is 2.03. The van der Waals surface area contributed by atoms with Gasteiger partial charge in [-0.15, -0.1) is 0 Å². The summed E-state index contributed by atoms with van der Waals surface area (Å²) in [6.45, 7) is 14.6. The van der Waals surface area contributed by atoms with Crippen LogP contribution in [0.4, 0.5) is 5.69 Å². The largest absolute Gasteiger partial charge is 0.368 e. The number of likely N-dealkylation sites (N-methyl/N-ethyl adjacent to an activating group) is 1. The minimum Gasteiger partial charge on any atom is -0.368 e. The number of aryl methyl sites for hydroxylation is 2. The van der Waals surface area contributed by atoms with Crippen LogP contribution in [-0.4, -0.2) is 75.0 Å². The summed E-state index contributed by atoms with van der Waals surface area (Å²) < 4.78 is 0. The molecular weight excluding hydrogens is 338 g/mol. The Morgan fingerprint density at radius 1 is 1.19 bits per heavy atom. The molecule has 1 amide bonds. The van der Waals surface area contributed by atoms with Gasteiger partial charge in [-0.25, -0.2) is 4.99 Å². The van der Waals surface area contributed by atoms with Crippen molar-refractivity contribution in [3.05, 3.63) is 41.5 Å². The molecule has 0 atom stereocenters. The van der Waals surface area contributed by atoms with Crippen LogP contribution in [0.25, 0.3) is 0 Å². The maximum atomic E-state index is 11.9. The van der Waals surface area contributed by atoms with Crippen LogP contribution in [0, 0.1) is 13.8 Å². The monoisotopic (exact) mass is 371 g/mol. The van der Waals surface area contributed by atoms with Crippen molar-refractivity contribution in [3.8, 4) is 0 Å². The number of piperazine rings is 1. The summed E-state index contributed by atoms with van der Waals surface area (Å²) in [5, 5.41) is 3.34. The second-order valence-corrected chi connectivity index (χ2v) is 7.48. The fraction of sp³-hybridized carbons (Fsp3) is 0.524. The van der Waals surface area contributed by atoms with Gasteiger partial charge >= 0.3 is 0 Å². The van der Waals surface area contributed by atoms with Crippen molar-refractivity contribution < 1.29 is 4.79 Å². The van der Waals surface area contributed by atoms with E-state index in [-0.39, 0.29) is 12.5 Å².